The van der Waals surface area contributed by atoms with Gasteiger partial charge in [0.1, 0.15) is 5.69 Å². The third-order valence-corrected chi connectivity index (χ3v) is 5.90. The number of para-hydroxylation sites is 1. The number of aromatic amines is 1. The molecule has 1 aromatic carbocycles. The van der Waals surface area contributed by atoms with Crippen LogP contribution < -0.4 is 4.90 Å². The first-order valence-corrected chi connectivity index (χ1v) is 9.98. The number of carbonyl (C=O) groups is 1. The normalized spacial score (nSPS) is 21.5. The minimum absolute atomic E-state index is 0.0580. The first-order chi connectivity index (χ1) is 13.1. The molecule has 2 aromatic rings. The monoisotopic (exact) mass is 367 g/mol. The average Bonchev–Trinajstić information content (AvgIpc) is 3.14. The van der Waals surface area contributed by atoms with E-state index in [1.807, 2.05) is 17.9 Å². The van der Waals surface area contributed by atoms with E-state index in [9.17, 15) is 4.79 Å². The summed E-state index contributed by atoms with van der Waals surface area (Å²) in [6, 6.07) is 10.9. The van der Waals surface area contributed by atoms with Crippen LogP contribution in [0.4, 0.5) is 5.69 Å². The van der Waals surface area contributed by atoms with Crippen LogP contribution in [-0.4, -0.2) is 71.2 Å². The highest BCUT2D eigenvalue weighted by atomic mass is 16.2. The summed E-state index contributed by atoms with van der Waals surface area (Å²) in [5.41, 5.74) is 4.16. The lowest BCUT2D eigenvalue weighted by atomic mass is 10.0. The van der Waals surface area contributed by atoms with Crippen LogP contribution in [0, 0.1) is 13.8 Å². The third kappa shape index (κ3) is 3.86. The molecule has 3 heterocycles. The Kier molecular flexibility index (Phi) is 5.16. The van der Waals surface area contributed by atoms with E-state index in [-0.39, 0.29) is 5.91 Å². The zero-order chi connectivity index (χ0) is 18.8. The average molecular weight is 367 g/mol. The summed E-state index contributed by atoms with van der Waals surface area (Å²) in [6.07, 6.45) is 2.24. The quantitative estimate of drug-likeness (QED) is 0.905. The minimum atomic E-state index is 0.0580. The smallest absolute Gasteiger partial charge is 0.274 e. The first-order valence-electron chi connectivity index (χ1n) is 9.98. The highest BCUT2D eigenvalue weighted by Gasteiger charge is 2.31. The molecule has 0 radical (unpaired) electrons. The van der Waals surface area contributed by atoms with Gasteiger partial charge in [0.2, 0.25) is 0 Å². The number of hydrogen-bond acceptors (Lipinski definition) is 4. The predicted molar refractivity (Wildman–Crippen MR) is 107 cm³/mol. The van der Waals surface area contributed by atoms with E-state index < -0.39 is 0 Å². The number of piperidine rings is 1. The van der Waals surface area contributed by atoms with E-state index in [0.29, 0.717) is 11.7 Å². The van der Waals surface area contributed by atoms with Gasteiger partial charge in [0.25, 0.3) is 5.91 Å². The highest BCUT2D eigenvalue weighted by molar-refractivity contribution is 5.92. The number of H-pyrrole nitrogens is 1. The summed E-state index contributed by atoms with van der Waals surface area (Å²) in [6.45, 7) is 9.98. The van der Waals surface area contributed by atoms with Crippen LogP contribution in [0.5, 0.6) is 0 Å². The van der Waals surface area contributed by atoms with Gasteiger partial charge in [-0.3, -0.25) is 14.8 Å². The van der Waals surface area contributed by atoms with Crippen molar-refractivity contribution in [2.45, 2.75) is 32.7 Å². The fourth-order valence-electron chi connectivity index (χ4n) is 4.37. The molecule has 4 rings (SSSR count). The Morgan fingerprint density at radius 1 is 1.11 bits per heavy atom. The van der Waals surface area contributed by atoms with Crippen LogP contribution in [-0.2, 0) is 0 Å². The zero-order valence-electron chi connectivity index (χ0n) is 16.3. The number of likely N-dealkylation sites (tertiary alicyclic amines) is 1. The molecule has 2 aliphatic heterocycles. The number of anilines is 1. The molecule has 1 amide bonds. The SMILES string of the molecule is Cc1cc(C(=O)N2CCC[C@@H](N3CCN(c4ccccc4C)CC3)C2)n[nH]1. The maximum Gasteiger partial charge on any atom is 0.274 e. The molecule has 0 aliphatic carbocycles. The topological polar surface area (TPSA) is 55.5 Å². The maximum absolute atomic E-state index is 12.7. The van der Waals surface area contributed by atoms with E-state index in [2.05, 4.69) is 51.2 Å². The molecule has 1 atom stereocenters. The highest BCUT2D eigenvalue weighted by Crippen LogP contribution is 2.24. The van der Waals surface area contributed by atoms with Crippen molar-refractivity contribution >= 4 is 11.6 Å². The van der Waals surface area contributed by atoms with Crippen LogP contribution in [0.25, 0.3) is 0 Å². The Bertz CT molecular complexity index is 793. The molecule has 0 unspecified atom stereocenters. The van der Waals surface area contributed by atoms with Gasteiger partial charge in [-0.15, -0.1) is 0 Å². The van der Waals surface area contributed by atoms with Crippen molar-refractivity contribution in [3.63, 3.8) is 0 Å². The first kappa shape index (κ1) is 18.0. The molecule has 1 aromatic heterocycles. The number of carbonyl (C=O) groups excluding carboxylic acids is 1. The van der Waals surface area contributed by atoms with Crippen LogP contribution in [0.2, 0.25) is 0 Å². The fraction of sp³-hybridized carbons (Fsp3) is 0.524. The van der Waals surface area contributed by atoms with Gasteiger partial charge < -0.3 is 9.80 Å². The molecular formula is C21H29N5O. The van der Waals surface area contributed by atoms with Crippen LogP contribution in [0.1, 0.15) is 34.6 Å². The zero-order valence-corrected chi connectivity index (χ0v) is 16.3. The van der Waals surface area contributed by atoms with Crippen molar-refractivity contribution in [1.29, 1.82) is 0 Å². The third-order valence-electron chi connectivity index (χ3n) is 5.90. The largest absolute Gasteiger partial charge is 0.369 e. The minimum Gasteiger partial charge on any atom is -0.369 e. The van der Waals surface area contributed by atoms with Gasteiger partial charge in [0.15, 0.2) is 0 Å². The number of amides is 1. The molecular weight excluding hydrogens is 338 g/mol. The molecule has 27 heavy (non-hydrogen) atoms. The van der Waals surface area contributed by atoms with Crippen molar-refractivity contribution in [2.24, 2.45) is 0 Å². The van der Waals surface area contributed by atoms with Crippen LogP contribution in [0.15, 0.2) is 30.3 Å². The molecule has 0 bridgehead atoms. The van der Waals surface area contributed by atoms with Crippen molar-refractivity contribution in [1.82, 2.24) is 20.0 Å². The second kappa shape index (κ2) is 7.72. The van der Waals surface area contributed by atoms with Gasteiger partial charge >= 0.3 is 0 Å². The predicted octanol–water partition coefficient (Wildman–Crippen LogP) is 2.45. The lowest BCUT2D eigenvalue weighted by molar-refractivity contribution is 0.0558. The Morgan fingerprint density at radius 2 is 1.89 bits per heavy atom. The van der Waals surface area contributed by atoms with E-state index in [4.69, 9.17) is 0 Å². The number of aromatic nitrogens is 2. The number of hydrogen-bond donors (Lipinski definition) is 1. The van der Waals surface area contributed by atoms with E-state index in [1.54, 1.807) is 0 Å². The molecule has 6 heteroatoms. The van der Waals surface area contributed by atoms with Crippen molar-refractivity contribution < 1.29 is 4.79 Å². The Morgan fingerprint density at radius 3 is 2.59 bits per heavy atom. The Labute approximate surface area is 161 Å². The maximum atomic E-state index is 12.7. The number of rotatable bonds is 3. The van der Waals surface area contributed by atoms with E-state index in [1.165, 1.54) is 17.7 Å². The summed E-state index contributed by atoms with van der Waals surface area (Å²) in [5.74, 6) is 0.0580. The summed E-state index contributed by atoms with van der Waals surface area (Å²) in [4.78, 5) is 19.8. The van der Waals surface area contributed by atoms with Crippen LogP contribution >= 0.6 is 0 Å². The fourth-order valence-corrected chi connectivity index (χ4v) is 4.37. The second-order valence-electron chi connectivity index (χ2n) is 7.79. The van der Waals surface area contributed by atoms with Gasteiger partial charge in [0, 0.05) is 56.7 Å². The second-order valence-corrected chi connectivity index (χ2v) is 7.79. The Balaban J connectivity index is 1.36. The molecule has 0 saturated carbocycles. The van der Waals surface area contributed by atoms with Gasteiger partial charge in [-0.25, -0.2) is 0 Å². The molecule has 2 saturated heterocycles. The molecule has 2 aliphatic rings. The van der Waals surface area contributed by atoms with Gasteiger partial charge in [-0.05, 0) is 44.4 Å². The standard InChI is InChI=1S/C21H29N5O/c1-16-6-3-4-8-20(16)25-12-10-24(11-13-25)18-7-5-9-26(15-18)21(27)19-14-17(2)22-23-19/h3-4,6,8,14,18H,5,7,9-13,15H2,1-2H3,(H,22,23)/t18-/m1/s1. The summed E-state index contributed by atoms with van der Waals surface area (Å²) >= 11 is 0. The molecule has 2 fully saturated rings. The molecule has 144 valence electrons. The van der Waals surface area contributed by atoms with Gasteiger partial charge in [0.05, 0.1) is 0 Å². The number of aryl methyl sites for hydroxylation is 2. The van der Waals surface area contributed by atoms with E-state index in [0.717, 1.165) is 51.4 Å². The number of piperazine rings is 1. The van der Waals surface area contributed by atoms with Gasteiger partial charge in [-0.2, -0.15) is 5.10 Å². The van der Waals surface area contributed by atoms with Crippen LogP contribution in [0.3, 0.4) is 0 Å². The van der Waals surface area contributed by atoms with E-state index >= 15 is 0 Å². The van der Waals surface area contributed by atoms with Crippen molar-refractivity contribution in [3.8, 4) is 0 Å². The lowest BCUT2D eigenvalue weighted by Crippen LogP contribution is -2.56. The lowest BCUT2D eigenvalue weighted by Gasteiger charge is -2.44. The summed E-state index contributed by atoms with van der Waals surface area (Å²) in [7, 11) is 0. The summed E-state index contributed by atoms with van der Waals surface area (Å²) in [5, 5.41) is 7.02. The molecule has 1 N–H and O–H groups in total. The number of nitrogens with one attached hydrogen (secondary N) is 1. The van der Waals surface area contributed by atoms with Crippen molar-refractivity contribution in [2.75, 3.05) is 44.2 Å². The molecule has 6 nitrogen and oxygen atoms in total. The van der Waals surface area contributed by atoms with Crippen molar-refractivity contribution in [3.05, 3.63) is 47.3 Å². The summed E-state index contributed by atoms with van der Waals surface area (Å²) < 4.78 is 0. The molecule has 0 spiro atoms. The number of benzene rings is 1. The number of nitrogens with zero attached hydrogens (tertiary/aromatic N) is 4. The Hall–Kier alpha value is -2.34. The van der Waals surface area contributed by atoms with Gasteiger partial charge in [-0.1, -0.05) is 18.2 Å².